The Labute approximate surface area is 155 Å². The SMILES string of the molecule is Cc1c(C(=O)O)ccc(-c2ccc(C(=O)N3CC[C@H](O)C3)cc2)c1C(=O)O. The number of likely N-dealkylation sites (tertiary alicyclic amines) is 1. The molecule has 1 saturated heterocycles. The van der Waals surface area contributed by atoms with Crippen molar-refractivity contribution < 1.29 is 29.7 Å². The van der Waals surface area contributed by atoms with Crippen molar-refractivity contribution in [2.24, 2.45) is 0 Å². The van der Waals surface area contributed by atoms with Crippen LogP contribution < -0.4 is 0 Å². The molecule has 27 heavy (non-hydrogen) atoms. The molecule has 0 aliphatic carbocycles. The summed E-state index contributed by atoms with van der Waals surface area (Å²) in [5.41, 5.74) is 1.46. The van der Waals surface area contributed by atoms with Crippen LogP contribution in [0.15, 0.2) is 36.4 Å². The fourth-order valence-corrected chi connectivity index (χ4v) is 3.36. The molecule has 2 aromatic rings. The minimum absolute atomic E-state index is 0.0597. The van der Waals surface area contributed by atoms with E-state index in [0.29, 0.717) is 36.2 Å². The average Bonchev–Trinajstić information content (AvgIpc) is 3.06. The second-order valence-electron chi connectivity index (χ2n) is 6.54. The van der Waals surface area contributed by atoms with Gasteiger partial charge in [0.05, 0.1) is 17.2 Å². The number of nitrogens with zero attached hydrogens (tertiary/aromatic N) is 1. The number of rotatable bonds is 4. The third-order valence-electron chi connectivity index (χ3n) is 4.80. The molecular formula is C20H19NO6. The molecule has 140 valence electrons. The zero-order chi connectivity index (χ0) is 19.7. The molecule has 2 aromatic carbocycles. The Bertz CT molecular complexity index is 919. The lowest BCUT2D eigenvalue weighted by atomic mass is 9.92. The summed E-state index contributed by atoms with van der Waals surface area (Å²) >= 11 is 0. The molecule has 0 spiro atoms. The highest BCUT2D eigenvalue weighted by Crippen LogP contribution is 2.29. The number of carboxylic acid groups (broad SMARTS) is 2. The van der Waals surface area contributed by atoms with Crippen molar-refractivity contribution in [2.75, 3.05) is 13.1 Å². The molecule has 1 atom stereocenters. The molecule has 7 nitrogen and oxygen atoms in total. The van der Waals surface area contributed by atoms with Gasteiger partial charge in [-0.1, -0.05) is 18.2 Å². The van der Waals surface area contributed by atoms with Crippen LogP contribution in [0.25, 0.3) is 11.1 Å². The highest BCUT2D eigenvalue weighted by Gasteiger charge is 2.25. The summed E-state index contributed by atoms with van der Waals surface area (Å²) in [6.07, 6.45) is 0.0585. The van der Waals surface area contributed by atoms with E-state index < -0.39 is 18.0 Å². The van der Waals surface area contributed by atoms with Crippen LogP contribution in [-0.2, 0) is 0 Å². The summed E-state index contributed by atoms with van der Waals surface area (Å²) in [5, 5.41) is 28.3. The number of carbonyl (C=O) groups is 3. The van der Waals surface area contributed by atoms with Crippen LogP contribution in [0.1, 0.15) is 43.1 Å². The molecule has 3 rings (SSSR count). The van der Waals surface area contributed by atoms with Crippen LogP contribution in [-0.4, -0.2) is 57.3 Å². The highest BCUT2D eigenvalue weighted by atomic mass is 16.4. The summed E-state index contributed by atoms with van der Waals surface area (Å²) in [7, 11) is 0. The Morgan fingerprint density at radius 2 is 1.67 bits per heavy atom. The maximum atomic E-state index is 12.4. The van der Waals surface area contributed by atoms with Crippen molar-refractivity contribution in [1.82, 2.24) is 4.90 Å². The zero-order valence-corrected chi connectivity index (χ0v) is 14.7. The van der Waals surface area contributed by atoms with E-state index in [1.807, 2.05) is 0 Å². The summed E-state index contributed by atoms with van der Waals surface area (Å²) < 4.78 is 0. The first-order valence-corrected chi connectivity index (χ1v) is 8.47. The third kappa shape index (κ3) is 3.54. The van der Waals surface area contributed by atoms with Crippen molar-refractivity contribution in [3.05, 3.63) is 58.7 Å². The summed E-state index contributed by atoms with van der Waals surface area (Å²) in [6, 6.07) is 9.34. The van der Waals surface area contributed by atoms with Gasteiger partial charge in [-0.05, 0) is 48.2 Å². The van der Waals surface area contributed by atoms with Crippen LogP contribution in [0.5, 0.6) is 0 Å². The topological polar surface area (TPSA) is 115 Å². The predicted octanol–water partition coefficient (Wildman–Crippen LogP) is 2.27. The molecule has 0 radical (unpaired) electrons. The molecule has 1 aliphatic heterocycles. The van der Waals surface area contributed by atoms with Gasteiger partial charge in [0.2, 0.25) is 0 Å². The van der Waals surface area contributed by atoms with E-state index >= 15 is 0 Å². The second kappa shape index (κ2) is 7.20. The Morgan fingerprint density at radius 1 is 1.00 bits per heavy atom. The standard InChI is InChI=1S/C20H19NO6/c1-11-15(19(24)25)6-7-16(17(11)20(26)27)12-2-4-13(5-3-12)18(23)21-9-8-14(22)10-21/h2-7,14,22H,8-10H2,1H3,(H,24,25)(H,26,27)/t14-/m0/s1. The number of hydrogen-bond acceptors (Lipinski definition) is 4. The first kappa shape index (κ1) is 18.6. The van der Waals surface area contributed by atoms with E-state index in [1.54, 1.807) is 29.2 Å². The van der Waals surface area contributed by atoms with Gasteiger partial charge in [0.25, 0.3) is 5.91 Å². The van der Waals surface area contributed by atoms with Gasteiger partial charge in [0, 0.05) is 18.7 Å². The number of β-amino-alcohol motifs (C(OH)–C–C–N with tert-alkyl or cyclic N) is 1. The van der Waals surface area contributed by atoms with Crippen molar-refractivity contribution in [3.8, 4) is 11.1 Å². The van der Waals surface area contributed by atoms with Crippen molar-refractivity contribution in [3.63, 3.8) is 0 Å². The van der Waals surface area contributed by atoms with Crippen LogP contribution in [0.3, 0.4) is 0 Å². The Morgan fingerprint density at radius 3 is 2.19 bits per heavy atom. The average molecular weight is 369 g/mol. The number of hydrogen-bond donors (Lipinski definition) is 3. The molecule has 0 aromatic heterocycles. The van der Waals surface area contributed by atoms with E-state index in [9.17, 15) is 29.7 Å². The number of benzene rings is 2. The van der Waals surface area contributed by atoms with Gasteiger partial charge >= 0.3 is 11.9 Å². The lowest BCUT2D eigenvalue weighted by Crippen LogP contribution is -2.29. The van der Waals surface area contributed by atoms with Crippen molar-refractivity contribution in [1.29, 1.82) is 0 Å². The zero-order valence-electron chi connectivity index (χ0n) is 14.7. The van der Waals surface area contributed by atoms with Crippen LogP contribution >= 0.6 is 0 Å². The number of amides is 1. The van der Waals surface area contributed by atoms with E-state index in [4.69, 9.17) is 0 Å². The maximum absolute atomic E-state index is 12.4. The summed E-state index contributed by atoms with van der Waals surface area (Å²) in [6.45, 7) is 2.27. The van der Waals surface area contributed by atoms with E-state index in [1.165, 1.54) is 19.1 Å². The quantitative estimate of drug-likeness (QED) is 0.761. The molecule has 1 amide bonds. The minimum Gasteiger partial charge on any atom is -0.478 e. The van der Waals surface area contributed by atoms with Gasteiger partial charge in [-0.25, -0.2) is 9.59 Å². The molecule has 0 unspecified atom stereocenters. The van der Waals surface area contributed by atoms with Gasteiger partial charge in [0.1, 0.15) is 0 Å². The predicted molar refractivity (Wildman–Crippen MR) is 97.1 cm³/mol. The summed E-state index contributed by atoms with van der Waals surface area (Å²) in [5.74, 6) is -2.58. The molecule has 0 bridgehead atoms. The highest BCUT2D eigenvalue weighted by molar-refractivity contribution is 6.02. The molecule has 1 fully saturated rings. The fraction of sp³-hybridized carbons (Fsp3) is 0.250. The molecule has 7 heteroatoms. The van der Waals surface area contributed by atoms with Gasteiger partial charge in [-0.15, -0.1) is 0 Å². The number of aliphatic hydroxyl groups is 1. The van der Waals surface area contributed by atoms with E-state index in [2.05, 4.69) is 0 Å². The number of aromatic carboxylic acids is 2. The lowest BCUT2D eigenvalue weighted by Gasteiger charge is -2.16. The molecule has 3 N–H and O–H groups in total. The normalized spacial score (nSPS) is 16.4. The fourth-order valence-electron chi connectivity index (χ4n) is 3.36. The lowest BCUT2D eigenvalue weighted by molar-refractivity contribution is 0.0695. The first-order valence-electron chi connectivity index (χ1n) is 8.47. The van der Waals surface area contributed by atoms with Gasteiger partial charge < -0.3 is 20.2 Å². The third-order valence-corrected chi connectivity index (χ3v) is 4.80. The Balaban J connectivity index is 1.96. The Kier molecular flexibility index (Phi) is 4.96. The second-order valence-corrected chi connectivity index (χ2v) is 6.54. The number of carbonyl (C=O) groups excluding carboxylic acids is 1. The van der Waals surface area contributed by atoms with Crippen LogP contribution in [0.4, 0.5) is 0 Å². The van der Waals surface area contributed by atoms with E-state index in [0.717, 1.165) is 0 Å². The van der Waals surface area contributed by atoms with Crippen LogP contribution in [0, 0.1) is 6.92 Å². The smallest absolute Gasteiger partial charge is 0.336 e. The van der Waals surface area contributed by atoms with Crippen molar-refractivity contribution >= 4 is 17.8 Å². The molecule has 0 saturated carbocycles. The van der Waals surface area contributed by atoms with Crippen LogP contribution in [0.2, 0.25) is 0 Å². The van der Waals surface area contributed by atoms with Gasteiger partial charge in [-0.2, -0.15) is 0 Å². The minimum atomic E-state index is -1.21. The largest absolute Gasteiger partial charge is 0.478 e. The van der Waals surface area contributed by atoms with Gasteiger partial charge in [-0.3, -0.25) is 4.79 Å². The van der Waals surface area contributed by atoms with Crippen molar-refractivity contribution in [2.45, 2.75) is 19.4 Å². The monoisotopic (exact) mass is 369 g/mol. The summed E-state index contributed by atoms with van der Waals surface area (Å²) in [4.78, 5) is 37.0. The maximum Gasteiger partial charge on any atom is 0.336 e. The number of carboxylic acids is 2. The first-order chi connectivity index (χ1) is 12.8. The number of aliphatic hydroxyl groups excluding tert-OH is 1. The van der Waals surface area contributed by atoms with Gasteiger partial charge in [0.15, 0.2) is 0 Å². The molecule has 1 aliphatic rings. The Hall–Kier alpha value is -3.19. The van der Waals surface area contributed by atoms with E-state index in [-0.39, 0.29) is 22.6 Å². The molecular weight excluding hydrogens is 350 g/mol. The molecule has 1 heterocycles.